The fourth-order valence-corrected chi connectivity index (χ4v) is 0.403. The van der Waals surface area contributed by atoms with Crippen LogP contribution in [-0.2, 0) is 29.1 Å². The van der Waals surface area contributed by atoms with Gasteiger partial charge in [-0.05, 0) is 6.92 Å². The standard InChI is InChI=1S/C6H10O2.Zn/c1-3-6(8)4-5(2)7;/h3-4H2,1-2H3;. The van der Waals surface area contributed by atoms with Crippen molar-refractivity contribution in [3.05, 3.63) is 0 Å². The Morgan fingerprint density at radius 3 is 1.89 bits per heavy atom. The van der Waals surface area contributed by atoms with E-state index in [9.17, 15) is 9.59 Å². The van der Waals surface area contributed by atoms with Crippen LogP contribution in [0.2, 0.25) is 0 Å². The number of hydrogen-bond donors (Lipinski definition) is 0. The predicted molar refractivity (Wildman–Crippen MR) is 30.6 cm³/mol. The Labute approximate surface area is 67.8 Å². The Balaban J connectivity index is 0. The summed E-state index contributed by atoms with van der Waals surface area (Å²) < 4.78 is 0. The molecule has 0 fully saturated rings. The normalized spacial score (nSPS) is 7.78. The van der Waals surface area contributed by atoms with Crippen LogP contribution in [0, 0.1) is 0 Å². The van der Waals surface area contributed by atoms with Gasteiger partial charge in [-0.1, -0.05) is 6.92 Å². The molecule has 0 bridgehead atoms. The number of ketones is 2. The molecule has 0 saturated carbocycles. The molecular formula is C6H10O2Zn. The number of carbonyl (C=O) groups excluding carboxylic acids is 2. The molecule has 0 aliphatic carbocycles. The minimum atomic E-state index is -0.0446. The first kappa shape index (κ1) is 11.7. The summed E-state index contributed by atoms with van der Waals surface area (Å²) in [6.45, 7) is 3.18. The SMILES string of the molecule is CCC(=O)CC(C)=O.[Zn]. The van der Waals surface area contributed by atoms with Gasteiger partial charge in [-0.25, -0.2) is 0 Å². The van der Waals surface area contributed by atoms with Crippen molar-refractivity contribution < 1.29 is 29.1 Å². The van der Waals surface area contributed by atoms with Gasteiger partial charge in [0.25, 0.3) is 0 Å². The van der Waals surface area contributed by atoms with Crippen molar-refractivity contribution in [1.29, 1.82) is 0 Å². The summed E-state index contributed by atoms with van der Waals surface area (Å²) in [5.41, 5.74) is 0. The Kier molecular flexibility index (Phi) is 7.93. The summed E-state index contributed by atoms with van der Waals surface area (Å²) in [5.74, 6) is -0.0191. The van der Waals surface area contributed by atoms with Gasteiger partial charge in [0, 0.05) is 25.9 Å². The summed E-state index contributed by atoms with van der Waals surface area (Å²) >= 11 is 0. The van der Waals surface area contributed by atoms with Crippen LogP contribution < -0.4 is 0 Å². The van der Waals surface area contributed by atoms with E-state index in [1.165, 1.54) is 6.92 Å². The molecule has 0 atom stereocenters. The molecule has 0 N–H and O–H groups in total. The third-order valence-electron chi connectivity index (χ3n) is 0.840. The van der Waals surface area contributed by atoms with Gasteiger partial charge < -0.3 is 0 Å². The minimum Gasteiger partial charge on any atom is -0.300 e. The maximum Gasteiger partial charge on any atom is 0.139 e. The van der Waals surface area contributed by atoms with Crippen molar-refractivity contribution in [2.75, 3.05) is 0 Å². The second kappa shape index (κ2) is 6.09. The number of Topliss-reactive ketones (excluding diaryl/α,β-unsaturated/α-hetero) is 2. The molecule has 0 aromatic rings. The monoisotopic (exact) mass is 178 g/mol. The van der Waals surface area contributed by atoms with Crippen molar-refractivity contribution in [3.8, 4) is 0 Å². The summed E-state index contributed by atoms with van der Waals surface area (Å²) in [6.07, 6.45) is 0.579. The second-order valence-electron chi connectivity index (χ2n) is 1.77. The van der Waals surface area contributed by atoms with E-state index >= 15 is 0 Å². The van der Waals surface area contributed by atoms with Crippen molar-refractivity contribution in [2.45, 2.75) is 26.7 Å². The van der Waals surface area contributed by atoms with Crippen LogP contribution in [0.1, 0.15) is 26.7 Å². The molecule has 0 heterocycles. The van der Waals surface area contributed by atoms with E-state index in [0.29, 0.717) is 6.42 Å². The molecule has 0 spiro atoms. The maximum absolute atomic E-state index is 10.4. The van der Waals surface area contributed by atoms with Gasteiger partial charge in [0.15, 0.2) is 0 Å². The Morgan fingerprint density at radius 2 is 1.78 bits per heavy atom. The maximum atomic E-state index is 10.4. The van der Waals surface area contributed by atoms with Gasteiger partial charge in [0.1, 0.15) is 11.6 Å². The van der Waals surface area contributed by atoms with E-state index in [4.69, 9.17) is 0 Å². The smallest absolute Gasteiger partial charge is 0.139 e. The molecule has 0 radical (unpaired) electrons. The molecule has 48 valence electrons. The number of hydrogen-bond acceptors (Lipinski definition) is 2. The van der Waals surface area contributed by atoms with E-state index in [-0.39, 0.29) is 37.5 Å². The third-order valence-corrected chi connectivity index (χ3v) is 0.840. The van der Waals surface area contributed by atoms with Crippen LogP contribution in [0.15, 0.2) is 0 Å². The fourth-order valence-electron chi connectivity index (χ4n) is 0.403. The largest absolute Gasteiger partial charge is 0.300 e. The molecule has 3 heteroatoms. The van der Waals surface area contributed by atoms with Crippen LogP contribution in [0.3, 0.4) is 0 Å². The molecule has 0 rings (SSSR count). The Hall–Kier alpha value is -0.0366. The zero-order valence-electron chi connectivity index (χ0n) is 5.94. The fraction of sp³-hybridized carbons (Fsp3) is 0.667. The zero-order valence-corrected chi connectivity index (χ0v) is 8.90. The van der Waals surface area contributed by atoms with Gasteiger partial charge in [-0.15, -0.1) is 0 Å². The Bertz CT molecular complexity index is 110. The predicted octanol–water partition coefficient (Wildman–Crippen LogP) is 0.942. The molecular weight excluding hydrogens is 169 g/mol. The van der Waals surface area contributed by atoms with Crippen LogP contribution in [0.4, 0.5) is 0 Å². The first-order valence-electron chi connectivity index (χ1n) is 2.68. The summed E-state index contributed by atoms with van der Waals surface area (Å²) in [5, 5.41) is 0. The van der Waals surface area contributed by atoms with Gasteiger partial charge in [-0.3, -0.25) is 9.59 Å². The van der Waals surface area contributed by atoms with Crippen LogP contribution >= 0.6 is 0 Å². The molecule has 0 aliphatic heterocycles. The molecule has 0 aromatic heterocycles. The average molecular weight is 180 g/mol. The molecule has 2 nitrogen and oxygen atoms in total. The summed E-state index contributed by atoms with van der Waals surface area (Å²) in [6, 6.07) is 0. The van der Waals surface area contributed by atoms with Gasteiger partial charge in [0.05, 0.1) is 6.42 Å². The van der Waals surface area contributed by atoms with E-state index in [2.05, 4.69) is 0 Å². The first-order chi connectivity index (χ1) is 3.66. The van der Waals surface area contributed by atoms with Gasteiger partial charge in [0.2, 0.25) is 0 Å². The summed E-state index contributed by atoms with van der Waals surface area (Å²) in [4.78, 5) is 20.6. The van der Waals surface area contributed by atoms with Gasteiger partial charge >= 0.3 is 0 Å². The molecule has 0 aromatic carbocycles. The zero-order chi connectivity index (χ0) is 6.57. The van der Waals surface area contributed by atoms with E-state index < -0.39 is 0 Å². The van der Waals surface area contributed by atoms with E-state index in [1.807, 2.05) is 0 Å². The number of rotatable bonds is 3. The Morgan fingerprint density at radius 1 is 1.33 bits per heavy atom. The number of carbonyl (C=O) groups is 2. The quantitative estimate of drug-likeness (QED) is 0.477. The molecule has 0 saturated heterocycles. The van der Waals surface area contributed by atoms with Crippen LogP contribution in [-0.4, -0.2) is 11.6 Å². The van der Waals surface area contributed by atoms with E-state index in [0.717, 1.165) is 0 Å². The summed E-state index contributed by atoms with van der Waals surface area (Å²) in [7, 11) is 0. The molecule has 9 heavy (non-hydrogen) atoms. The van der Waals surface area contributed by atoms with Crippen molar-refractivity contribution in [3.63, 3.8) is 0 Å². The van der Waals surface area contributed by atoms with E-state index in [1.54, 1.807) is 6.92 Å². The topological polar surface area (TPSA) is 34.1 Å². The third kappa shape index (κ3) is 7.96. The second-order valence-corrected chi connectivity index (χ2v) is 1.77. The van der Waals surface area contributed by atoms with Gasteiger partial charge in [-0.2, -0.15) is 0 Å². The molecule has 0 unspecified atom stereocenters. The van der Waals surface area contributed by atoms with Crippen LogP contribution in [0.5, 0.6) is 0 Å². The first-order valence-corrected chi connectivity index (χ1v) is 2.68. The molecule has 0 aliphatic rings. The molecule has 0 amide bonds. The van der Waals surface area contributed by atoms with Crippen molar-refractivity contribution in [1.82, 2.24) is 0 Å². The average Bonchev–Trinajstić information content (AvgIpc) is 1.65. The minimum absolute atomic E-state index is 0. The van der Waals surface area contributed by atoms with Crippen molar-refractivity contribution in [2.24, 2.45) is 0 Å². The van der Waals surface area contributed by atoms with Crippen LogP contribution in [0.25, 0.3) is 0 Å². The van der Waals surface area contributed by atoms with Crippen molar-refractivity contribution >= 4 is 11.6 Å².